The highest BCUT2D eigenvalue weighted by molar-refractivity contribution is 6.04. The van der Waals surface area contributed by atoms with Crippen LogP contribution in [-0.4, -0.2) is 34.0 Å². The molecule has 0 atom stereocenters. The Hall–Kier alpha value is -4.26. The lowest BCUT2D eigenvalue weighted by Crippen LogP contribution is -2.24. The van der Waals surface area contributed by atoms with Gasteiger partial charge in [-0.2, -0.15) is 0 Å². The largest absolute Gasteiger partial charge is 0.416 e. The Bertz CT molecular complexity index is 1290. The summed E-state index contributed by atoms with van der Waals surface area (Å²) in [5.41, 5.74) is 4.71. The van der Waals surface area contributed by atoms with Crippen LogP contribution in [-0.2, 0) is 11.3 Å². The Balaban J connectivity index is 1.48. The summed E-state index contributed by atoms with van der Waals surface area (Å²) in [4.78, 5) is 26.0. The van der Waals surface area contributed by atoms with E-state index in [9.17, 15) is 9.59 Å². The zero-order chi connectivity index (χ0) is 23.4. The zero-order valence-corrected chi connectivity index (χ0v) is 18.7. The maximum Gasteiger partial charge on any atom is 0.255 e. The molecule has 0 radical (unpaired) electrons. The molecule has 0 bridgehead atoms. The first kappa shape index (κ1) is 22.0. The van der Waals surface area contributed by atoms with E-state index in [1.807, 2.05) is 55.5 Å². The third-order valence-electron chi connectivity index (χ3n) is 5.29. The van der Waals surface area contributed by atoms with Gasteiger partial charge >= 0.3 is 0 Å². The first-order valence-corrected chi connectivity index (χ1v) is 10.5. The highest BCUT2D eigenvalue weighted by Gasteiger charge is 2.14. The van der Waals surface area contributed by atoms with Gasteiger partial charge in [0.2, 0.25) is 17.7 Å². The number of carbonyl (C=O) groups excluding carboxylic acids is 2. The third kappa shape index (κ3) is 5.15. The van der Waals surface area contributed by atoms with Crippen LogP contribution in [0.1, 0.15) is 28.4 Å². The molecule has 7 heteroatoms. The molecule has 0 fully saturated rings. The molecule has 0 saturated heterocycles. The Morgan fingerprint density at radius 2 is 1.61 bits per heavy atom. The maximum absolute atomic E-state index is 12.8. The van der Waals surface area contributed by atoms with Crippen molar-refractivity contribution in [3.8, 4) is 22.9 Å². The topological polar surface area (TPSA) is 88.3 Å². The van der Waals surface area contributed by atoms with E-state index in [2.05, 4.69) is 15.5 Å². The van der Waals surface area contributed by atoms with Crippen LogP contribution < -0.4 is 5.32 Å². The maximum atomic E-state index is 12.8. The lowest BCUT2D eigenvalue weighted by atomic mass is 10.1. The molecule has 0 spiro atoms. The first-order valence-electron chi connectivity index (χ1n) is 10.5. The van der Waals surface area contributed by atoms with Crippen LogP contribution in [0.4, 0.5) is 5.69 Å². The summed E-state index contributed by atoms with van der Waals surface area (Å²) in [5.74, 6) is 0.544. The summed E-state index contributed by atoms with van der Waals surface area (Å²) < 4.78 is 5.82. The summed E-state index contributed by atoms with van der Waals surface area (Å²) in [6.07, 6.45) is 0. The molecule has 33 heavy (non-hydrogen) atoms. The number of amides is 2. The van der Waals surface area contributed by atoms with Crippen LogP contribution in [0.5, 0.6) is 0 Å². The van der Waals surface area contributed by atoms with E-state index in [1.54, 1.807) is 36.2 Å². The average Bonchev–Trinajstić information content (AvgIpc) is 3.31. The number of anilines is 1. The van der Waals surface area contributed by atoms with Crippen molar-refractivity contribution in [3.63, 3.8) is 0 Å². The summed E-state index contributed by atoms with van der Waals surface area (Å²) in [5, 5.41) is 11.2. The average molecular weight is 441 g/mol. The molecule has 0 aliphatic carbocycles. The minimum atomic E-state index is -0.245. The van der Waals surface area contributed by atoms with Gasteiger partial charge in [0.05, 0.1) is 0 Å². The number of para-hydroxylation sites is 1. The number of rotatable bonds is 6. The van der Waals surface area contributed by atoms with E-state index < -0.39 is 0 Å². The van der Waals surface area contributed by atoms with Crippen molar-refractivity contribution in [2.45, 2.75) is 20.4 Å². The van der Waals surface area contributed by atoms with E-state index in [1.165, 1.54) is 6.92 Å². The fraction of sp³-hybridized carbons (Fsp3) is 0.154. The van der Waals surface area contributed by atoms with Crippen LogP contribution >= 0.6 is 0 Å². The summed E-state index contributed by atoms with van der Waals surface area (Å²) >= 11 is 0. The SMILES string of the molecule is CC(=O)N(C)Cc1ccccc1NC(=O)c1ccc(-c2nnc(-c3cccc(C)c3)o2)cc1. The van der Waals surface area contributed by atoms with E-state index in [0.29, 0.717) is 29.6 Å². The quantitative estimate of drug-likeness (QED) is 0.459. The Morgan fingerprint density at radius 3 is 2.30 bits per heavy atom. The van der Waals surface area contributed by atoms with Gasteiger partial charge in [-0.1, -0.05) is 35.9 Å². The molecule has 4 aromatic rings. The second-order valence-corrected chi connectivity index (χ2v) is 7.85. The molecule has 0 aliphatic heterocycles. The van der Waals surface area contributed by atoms with Crippen molar-refractivity contribution in [1.29, 1.82) is 0 Å². The molecular formula is C26H24N4O3. The molecule has 0 aliphatic rings. The second-order valence-electron chi connectivity index (χ2n) is 7.85. The fourth-order valence-electron chi connectivity index (χ4n) is 3.34. The monoisotopic (exact) mass is 440 g/mol. The van der Waals surface area contributed by atoms with Gasteiger partial charge in [-0.05, 0) is 55.0 Å². The van der Waals surface area contributed by atoms with Gasteiger partial charge in [0.15, 0.2) is 0 Å². The van der Waals surface area contributed by atoms with Crippen LogP contribution in [0.25, 0.3) is 22.9 Å². The van der Waals surface area contributed by atoms with E-state index >= 15 is 0 Å². The number of nitrogens with one attached hydrogen (secondary N) is 1. The van der Waals surface area contributed by atoms with E-state index in [0.717, 1.165) is 22.3 Å². The van der Waals surface area contributed by atoms with Gasteiger partial charge in [0.1, 0.15) is 0 Å². The van der Waals surface area contributed by atoms with Crippen molar-refractivity contribution in [2.75, 3.05) is 12.4 Å². The molecule has 7 nitrogen and oxygen atoms in total. The van der Waals surface area contributed by atoms with Crippen LogP contribution in [0.2, 0.25) is 0 Å². The van der Waals surface area contributed by atoms with Crippen molar-refractivity contribution < 1.29 is 14.0 Å². The molecule has 2 amide bonds. The molecule has 3 aromatic carbocycles. The van der Waals surface area contributed by atoms with Crippen LogP contribution in [0.15, 0.2) is 77.2 Å². The Kier molecular flexibility index (Phi) is 6.31. The minimum absolute atomic E-state index is 0.0432. The van der Waals surface area contributed by atoms with Gasteiger partial charge in [-0.25, -0.2) is 0 Å². The fourth-order valence-corrected chi connectivity index (χ4v) is 3.34. The first-order chi connectivity index (χ1) is 15.9. The van der Waals surface area contributed by atoms with Gasteiger partial charge in [-0.15, -0.1) is 10.2 Å². The normalized spacial score (nSPS) is 10.6. The summed E-state index contributed by atoms with van der Waals surface area (Å²) in [6.45, 7) is 3.92. The predicted octanol–water partition coefficient (Wildman–Crippen LogP) is 4.94. The Morgan fingerprint density at radius 1 is 0.909 bits per heavy atom. The molecular weight excluding hydrogens is 416 g/mol. The minimum Gasteiger partial charge on any atom is -0.416 e. The van der Waals surface area contributed by atoms with Crippen LogP contribution in [0.3, 0.4) is 0 Å². The van der Waals surface area contributed by atoms with Gasteiger partial charge in [0.25, 0.3) is 5.91 Å². The van der Waals surface area contributed by atoms with Gasteiger partial charge < -0.3 is 14.6 Å². The number of aromatic nitrogens is 2. The number of hydrogen-bond acceptors (Lipinski definition) is 5. The number of benzene rings is 3. The number of carbonyl (C=O) groups is 2. The molecule has 0 saturated carbocycles. The summed E-state index contributed by atoms with van der Waals surface area (Å²) in [7, 11) is 1.72. The van der Waals surface area contributed by atoms with Crippen molar-refractivity contribution in [1.82, 2.24) is 15.1 Å². The molecule has 1 N–H and O–H groups in total. The van der Waals surface area contributed by atoms with E-state index in [-0.39, 0.29) is 11.8 Å². The van der Waals surface area contributed by atoms with Crippen molar-refractivity contribution in [3.05, 3.63) is 89.5 Å². The smallest absolute Gasteiger partial charge is 0.255 e. The number of nitrogens with zero attached hydrogens (tertiary/aromatic N) is 3. The number of aryl methyl sites for hydroxylation is 1. The van der Waals surface area contributed by atoms with Gasteiger partial charge in [-0.3, -0.25) is 9.59 Å². The Labute approximate surface area is 192 Å². The van der Waals surface area contributed by atoms with Gasteiger partial charge in [0, 0.05) is 42.9 Å². The van der Waals surface area contributed by atoms with E-state index in [4.69, 9.17) is 4.42 Å². The molecule has 0 unspecified atom stereocenters. The lowest BCUT2D eigenvalue weighted by Gasteiger charge is -2.18. The zero-order valence-electron chi connectivity index (χ0n) is 18.7. The molecule has 4 rings (SSSR count). The van der Waals surface area contributed by atoms with Crippen molar-refractivity contribution in [2.24, 2.45) is 0 Å². The number of hydrogen-bond donors (Lipinski definition) is 1. The van der Waals surface area contributed by atoms with Crippen molar-refractivity contribution >= 4 is 17.5 Å². The third-order valence-corrected chi connectivity index (χ3v) is 5.29. The lowest BCUT2D eigenvalue weighted by molar-refractivity contribution is -0.128. The highest BCUT2D eigenvalue weighted by Crippen LogP contribution is 2.25. The van der Waals surface area contributed by atoms with Crippen LogP contribution in [0, 0.1) is 6.92 Å². The highest BCUT2D eigenvalue weighted by atomic mass is 16.4. The molecule has 166 valence electrons. The summed E-state index contributed by atoms with van der Waals surface area (Å²) in [6, 6.07) is 22.3. The second kappa shape index (κ2) is 9.48. The molecule has 1 aromatic heterocycles. The predicted molar refractivity (Wildman–Crippen MR) is 126 cm³/mol. The molecule has 1 heterocycles. The standard InChI is InChI=1S/C26H24N4O3/c1-17-7-6-9-21(15-17)26-29-28-25(33-26)20-13-11-19(12-14-20)24(32)27-23-10-5-4-8-22(23)16-30(3)18(2)31/h4-15H,16H2,1-3H3,(H,27,32).